The average molecular weight is 402 g/mol. The van der Waals surface area contributed by atoms with Gasteiger partial charge in [0.15, 0.2) is 12.5 Å². The topological polar surface area (TPSA) is 35.6 Å². The Morgan fingerprint density at radius 1 is 0.964 bits per heavy atom. The number of alkyl halides is 1. The molecule has 5 atom stereocenters. The lowest BCUT2D eigenvalue weighted by atomic mass is 9.67. The normalized spacial score (nSPS) is 36.5. The van der Waals surface area contributed by atoms with E-state index in [1.54, 1.807) is 0 Å². The molecule has 1 N–H and O–H groups in total. The molecule has 152 valence electrons. The molecule has 0 aromatic heterocycles. The summed E-state index contributed by atoms with van der Waals surface area (Å²) in [6.07, 6.45) is 11.0. The molecule has 5 rings (SSSR count). The Balaban J connectivity index is 1.27. The van der Waals surface area contributed by atoms with Gasteiger partial charge in [-0.3, -0.25) is 9.69 Å². The zero-order valence-corrected chi connectivity index (χ0v) is 17.4. The van der Waals surface area contributed by atoms with Crippen LogP contribution in [0.25, 0.3) is 0 Å². The second-order valence-electron chi connectivity index (χ2n) is 9.19. The summed E-state index contributed by atoms with van der Waals surface area (Å²) in [5, 5.41) is 3.78. The largest absolute Gasteiger partial charge is 0.358 e. The van der Waals surface area contributed by atoms with E-state index < -0.39 is 0 Å². The van der Waals surface area contributed by atoms with Crippen LogP contribution in [0.4, 0.5) is 11.4 Å². The third-order valence-electron chi connectivity index (χ3n) is 7.84. The number of likely N-dealkylation sites (tertiary alicyclic amines) is 1. The van der Waals surface area contributed by atoms with Crippen molar-refractivity contribution in [2.75, 3.05) is 23.3 Å². The minimum atomic E-state index is -0.219. The van der Waals surface area contributed by atoms with E-state index in [9.17, 15) is 4.79 Å². The van der Waals surface area contributed by atoms with Gasteiger partial charge in [-0.2, -0.15) is 0 Å². The zero-order chi connectivity index (χ0) is 19.1. The minimum Gasteiger partial charge on any atom is -0.358 e. The number of nitrogens with zero attached hydrogens (tertiary/aromatic N) is 2. The predicted octanol–water partition coefficient (Wildman–Crippen LogP) is 4.48. The van der Waals surface area contributed by atoms with Gasteiger partial charge in [0, 0.05) is 30.6 Å². The Hall–Kier alpha value is -1.26. The molecule has 0 spiro atoms. The molecule has 1 saturated heterocycles. The van der Waals surface area contributed by atoms with Crippen LogP contribution in [-0.2, 0) is 4.79 Å². The summed E-state index contributed by atoms with van der Waals surface area (Å²) in [4.78, 5) is 16.8. The van der Waals surface area contributed by atoms with Crippen LogP contribution in [0.2, 0.25) is 0 Å². The molecule has 4 nitrogen and oxygen atoms in total. The molecular weight excluding hydrogens is 370 g/mol. The van der Waals surface area contributed by atoms with Gasteiger partial charge in [-0.05, 0) is 62.5 Å². The number of hydrogen-bond donors (Lipinski definition) is 1. The summed E-state index contributed by atoms with van der Waals surface area (Å²) in [6, 6.07) is 9.50. The first kappa shape index (κ1) is 18.7. The Morgan fingerprint density at radius 3 is 2.54 bits per heavy atom. The smallest absolute Gasteiger partial charge is 0.162 e. The van der Waals surface area contributed by atoms with E-state index in [0.717, 1.165) is 55.8 Å². The van der Waals surface area contributed by atoms with E-state index in [2.05, 4.69) is 33.3 Å². The number of halogens is 1. The van der Waals surface area contributed by atoms with E-state index in [1.807, 2.05) is 6.07 Å². The number of fused-ring (bicyclic) bond motifs is 2. The maximum absolute atomic E-state index is 11.7. The second kappa shape index (κ2) is 7.87. The van der Waals surface area contributed by atoms with Gasteiger partial charge in [0.25, 0.3) is 0 Å². The van der Waals surface area contributed by atoms with Crippen molar-refractivity contribution in [2.24, 2.45) is 11.8 Å². The molecular formula is C23H32ClN3O. The van der Waals surface area contributed by atoms with Crippen LogP contribution in [0.5, 0.6) is 0 Å². The van der Waals surface area contributed by atoms with Crippen LogP contribution in [0.1, 0.15) is 51.4 Å². The SMILES string of the molecule is O=CC1Nc2ccccc2N1C1CCN(C2CCCC3C(Cl)CCCC32)CC1. The van der Waals surface area contributed by atoms with Crippen molar-refractivity contribution < 1.29 is 4.79 Å². The van der Waals surface area contributed by atoms with Crippen molar-refractivity contribution in [3.8, 4) is 0 Å². The van der Waals surface area contributed by atoms with Crippen molar-refractivity contribution in [3.05, 3.63) is 24.3 Å². The number of anilines is 2. The fraction of sp³-hybridized carbons (Fsp3) is 0.696. The Bertz CT molecular complexity index is 705. The molecule has 0 amide bonds. The molecule has 0 radical (unpaired) electrons. The van der Waals surface area contributed by atoms with Gasteiger partial charge >= 0.3 is 0 Å². The maximum atomic E-state index is 11.7. The first-order valence-corrected chi connectivity index (χ1v) is 11.7. The quantitative estimate of drug-likeness (QED) is 0.598. The molecule has 3 fully saturated rings. The summed E-state index contributed by atoms with van der Waals surface area (Å²) >= 11 is 6.72. The number of hydrogen-bond acceptors (Lipinski definition) is 4. The van der Waals surface area contributed by atoms with Crippen LogP contribution < -0.4 is 10.2 Å². The summed E-state index contributed by atoms with van der Waals surface area (Å²) in [5.74, 6) is 1.54. The number of rotatable bonds is 3. The number of nitrogens with one attached hydrogen (secondary N) is 1. The van der Waals surface area contributed by atoms with Gasteiger partial charge in [-0.15, -0.1) is 11.6 Å². The second-order valence-corrected chi connectivity index (χ2v) is 9.75. The molecule has 5 heteroatoms. The average Bonchev–Trinajstić information content (AvgIpc) is 3.12. The summed E-state index contributed by atoms with van der Waals surface area (Å²) in [5.41, 5.74) is 2.28. The first-order chi connectivity index (χ1) is 13.8. The van der Waals surface area contributed by atoms with Gasteiger partial charge in [-0.25, -0.2) is 0 Å². The number of carbonyl (C=O) groups is 1. The fourth-order valence-corrected chi connectivity index (χ4v) is 7.03. The van der Waals surface area contributed by atoms with Crippen LogP contribution >= 0.6 is 11.6 Å². The number of aldehydes is 1. The van der Waals surface area contributed by atoms with E-state index >= 15 is 0 Å². The highest BCUT2D eigenvalue weighted by atomic mass is 35.5. The molecule has 2 saturated carbocycles. The highest BCUT2D eigenvalue weighted by Crippen LogP contribution is 2.45. The molecule has 5 unspecified atom stereocenters. The molecule has 28 heavy (non-hydrogen) atoms. The van der Waals surface area contributed by atoms with Crippen molar-refractivity contribution in [3.63, 3.8) is 0 Å². The van der Waals surface area contributed by atoms with Gasteiger partial charge in [-0.1, -0.05) is 25.0 Å². The first-order valence-electron chi connectivity index (χ1n) is 11.2. The summed E-state index contributed by atoms with van der Waals surface area (Å²) < 4.78 is 0. The van der Waals surface area contributed by atoms with Crippen LogP contribution in [0, 0.1) is 11.8 Å². The molecule has 2 heterocycles. The lowest BCUT2D eigenvalue weighted by Crippen LogP contribution is -2.55. The lowest BCUT2D eigenvalue weighted by molar-refractivity contribution is -0.108. The summed E-state index contributed by atoms with van der Waals surface area (Å²) in [7, 11) is 0. The van der Waals surface area contributed by atoms with Gasteiger partial charge < -0.3 is 10.2 Å². The van der Waals surface area contributed by atoms with Crippen LogP contribution in [-0.4, -0.2) is 47.9 Å². The minimum absolute atomic E-state index is 0.219. The van der Waals surface area contributed by atoms with Crippen molar-refractivity contribution in [1.82, 2.24) is 4.90 Å². The van der Waals surface area contributed by atoms with Crippen molar-refractivity contribution >= 4 is 29.3 Å². The molecule has 4 aliphatic rings. The third kappa shape index (κ3) is 3.23. The van der Waals surface area contributed by atoms with Crippen LogP contribution in [0.3, 0.4) is 0 Å². The Labute approximate surface area is 173 Å². The van der Waals surface area contributed by atoms with E-state index in [4.69, 9.17) is 11.6 Å². The molecule has 1 aromatic rings. The Morgan fingerprint density at radius 2 is 1.71 bits per heavy atom. The van der Waals surface area contributed by atoms with Crippen LogP contribution in [0.15, 0.2) is 24.3 Å². The van der Waals surface area contributed by atoms with E-state index in [0.29, 0.717) is 11.4 Å². The number of para-hydroxylation sites is 2. The molecule has 2 aliphatic carbocycles. The van der Waals surface area contributed by atoms with E-state index in [-0.39, 0.29) is 6.17 Å². The Kier molecular flexibility index (Phi) is 5.27. The zero-order valence-electron chi connectivity index (χ0n) is 16.6. The highest BCUT2D eigenvalue weighted by Gasteiger charge is 2.43. The standard InChI is InChI=1S/C23H32ClN3O/c24-19-7-3-6-18-17(19)5-4-10-21(18)26-13-11-16(12-14-26)27-22-9-2-1-8-20(22)25-23(27)15-28/h1-2,8-9,15-19,21,23,25H,3-7,10-14H2. The third-order valence-corrected chi connectivity index (χ3v) is 8.38. The molecule has 2 aliphatic heterocycles. The number of piperidine rings is 1. The summed E-state index contributed by atoms with van der Waals surface area (Å²) in [6.45, 7) is 2.30. The van der Waals surface area contributed by atoms with Crippen molar-refractivity contribution in [2.45, 2.75) is 75.0 Å². The predicted molar refractivity (Wildman–Crippen MR) is 115 cm³/mol. The molecule has 0 bridgehead atoms. The van der Waals surface area contributed by atoms with E-state index in [1.165, 1.54) is 44.2 Å². The number of benzene rings is 1. The molecule has 1 aromatic carbocycles. The van der Waals surface area contributed by atoms with Gasteiger partial charge in [0.2, 0.25) is 0 Å². The lowest BCUT2D eigenvalue weighted by Gasteiger charge is -2.50. The monoisotopic (exact) mass is 401 g/mol. The van der Waals surface area contributed by atoms with Gasteiger partial charge in [0.05, 0.1) is 11.4 Å². The fourth-order valence-electron chi connectivity index (χ4n) is 6.57. The van der Waals surface area contributed by atoms with Crippen molar-refractivity contribution in [1.29, 1.82) is 0 Å². The highest BCUT2D eigenvalue weighted by molar-refractivity contribution is 6.20. The van der Waals surface area contributed by atoms with Gasteiger partial charge in [0.1, 0.15) is 0 Å². The number of carbonyl (C=O) groups excluding carboxylic acids is 1. The maximum Gasteiger partial charge on any atom is 0.162 e.